The van der Waals surface area contributed by atoms with Crippen LogP contribution in [-0.4, -0.2) is 17.3 Å². The van der Waals surface area contributed by atoms with Gasteiger partial charge in [0.25, 0.3) is 0 Å². The lowest BCUT2D eigenvalue weighted by molar-refractivity contribution is 0.163. The molecule has 0 saturated heterocycles. The lowest BCUT2D eigenvalue weighted by Gasteiger charge is -2.28. The van der Waals surface area contributed by atoms with Crippen LogP contribution in [-0.2, 0) is 6.54 Å². The fraction of sp³-hybridized carbons (Fsp3) is 0.538. The van der Waals surface area contributed by atoms with Gasteiger partial charge in [-0.15, -0.1) is 0 Å². The largest absolute Gasteiger partial charge is 0.394 e. The minimum Gasteiger partial charge on any atom is -0.394 e. The maximum Gasteiger partial charge on any atom is 0.0613 e. The third kappa shape index (κ3) is 3.22. The first-order valence-corrected chi connectivity index (χ1v) is 7.12. The van der Waals surface area contributed by atoms with E-state index < -0.39 is 0 Å². The monoisotopic (exact) mass is 317 g/mol. The molecule has 17 heavy (non-hydrogen) atoms. The summed E-state index contributed by atoms with van der Waals surface area (Å²) in [6, 6.07) is 5.90. The fourth-order valence-electron chi connectivity index (χ4n) is 2.39. The van der Waals surface area contributed by atoms with E-state index in [9.17, 15) is 5.11 Å². The maximum absolute atomic E-state index is 9.50. The zero-order chi connectivity index (χ0) is 12.3. The maximum atomic E-state index is 9.50. The molecule has 1 fully saturated rings. The Bertz CT molecular complexity index is 391. The quantitative estimate of drug-likeness (QED) is 0.890. The summed E-state index contributed by atoms with van der Waals surface area (Å²) in [6.07, 6.45) is 4.50. The molecule has 0 amide bonds. The standard InChI is InChI=1S/C13H17BrClNO/c14-11-4-3-10(12(15)7-11)8-16-13(9-17)5-1-2-6-13/h3-4,7,16-17H,1-2,5-6,8-9H2. The molecular weight excluding hydrogens is 302 g/mol. The van der Waals surface area contributed by atoms with Gasteiger partial charge in [0.15, 0.2) is 0 Å². The molecule has 0 aromatic heterocycles. The lowest BCUT2D eigenvalue weighted by atomic mass is 9.98. The molecule has 0 heterocycles. The summed E-state index contributed by atoms with van der Waals surface area (Å²) >= 11 is 9.56. The van der Waals surface area contributed by atoms with Crippen LogP contribution in [0.5, 0.6) is 0 Å². The van der Waals surface area contributed by atoms with Gasteiger partial charge in [0.2, 0.25) is 0 Å². The molecule has 0 bridgehead atoms. The summed E-state index contributed by atoms with van der Waals surface area (Å²) in [7, 11) is 0. The van der Waals surface area contributed by atoms with Crippen molar-refractivity contribution in [3.05, 3.63) is 33.3 Å². The molecule has 1 saturated carbocycles. The predicted molar refractivity (Wildman–Crippen MR) is 74.3 cm³/mol. The van der Waals surface area contributed by atoms with Crippen LogP contribution in [0.2, 0.25) is 5.02 Å². The van der Waals surface area contributed by atoms with Gasteiger partial charge >= 0.3 is 0 Å². The van der Waals surface area contributed by atoms with Gasteiger partial charge in [0.05, 0.1) is 6.61 Å². The molecule has 0 aliphatic heterocycles. The highest BCUT2D eigenvalue weighted by molar-refractivity contribution is 9.10. The molecule has 1 aromatic carbocycles. The van der Waals surface area contributed by atoms with Gasteiger partial charge in [-0.25, -0.2) is 0 Å². The third-order valence-corrected chi connectivity index (χ3v) is 4.38. The van der Waals surface area contributed by atoms with Crippen molar-refractivity contribution < 1.29 is 5.11 Å². The highest BCUT2D eigenvalue weighted by Crippen LogP contribution is 2.30. The molecule has 1 aliphatic carbocycles. The van der Waals surface area contributed by atoms with Gasteiger partial charge in [-0.1, -0.05) is 46.4 Å². The Hall–Kier alpha value is -0.0900. The number of aliphatic hydroxyl groups excluding tert-OH is 1. The molecule has 2 rings (SSSR count). The number of nitrogens with one attached hydrogen (secondary N) is 1. The minimum absolute atomic E-state index is 0.0869. The topological polar surface area (TPSA) is 32.3 Å². The first kappa shape index (κ1) is 13.3. The number of halogens is 2. The fourth-order valence-corrected chi connectivity index (χ4v) is 3.13. The van der Waals surface area contributed by atoms with E-state index in [1.165, 1.54) is 12.8 Å². The highest BCUT2D eigenvalue weighted by Gasteiger charge is 2.32. The zero-order valence-electron chi connectivity index (χ0n) is 9.68. The van der Waals surface area contributed by atoms with E-state index in [-0.39, 0.29) is 12.1 Å². The van der Waals surface area contributed by atoms with Crippen LogP contribution in [0.4, 0.5) is 0 Å². The van der Waals surface area contributed by atoms with Crippen molar-refractivity contribution in [2.45, 2.75) is 37.8 Å². The van der Waals surface area contributed by atoms with Crippen molar-refractivity contribution >= 4 is 27.5 Å². The molecule has 4 heteroatoms. The SMILES string of the molecule is OCC1(NCc2ccc(Br)cc2Cl)CCCC1. The number of hydrogen-bond acceptors (Lipinski definition) is 2. The Morgan fingerprint density at radius 1 is 1.35 bits per heavy atom. The minimum atomic E-state index is -0.0869. The molecule has 0 spiro atoms. The van der Waals surface area contributed by atoms with Crippen LogP contribution < -0.4 is 5.32 Å². The smallest absolute Gasteiger partial charge is 0.0613 e. The van der Waals surface area contributed by atoms with E-state index in [4.69, 9.17) is 11.6 Å². The second kappa shape index (κ2) is 5.70. The Balaban J connectivity index is 2.01. The second-order valence-electron chi connectivity index (χ2n) is 4.73. The summed E-state index contributed by atoms with van der Waals surface area (Å²) in [4.78, 5) is 0. The lowest BCUT2D eigenvalue weighted by Crippen LogP contribution is -2.45. The van der Waals surface area contributed by atoms with E-state index in [0.29, 0.717) is 6.54 Å². The molecule has 2 N–H and O–H groups in total. The molecule has 0 radical (unpaired) electrons. The summed E-state index contributed by atoms with van der Waals surface area (Å²) in [5.74, 6) is 0. The normalized spacial score (nSPS) is 18.5. The number of hydrogen-bond donors (Lipinski definition) is 2. The van der Waals surface area contributed by atoms with Crippen molar-refractivity contribution in [2.75, 3.05) is 6.61 Å². The molecule has 1 aliphatic rings. The van der Waals surface area contributed by atoms with Gasteiger partial charge in [-0.2, -0.15) is 0 Å². The second-order valence-corrected chi connectivity index (χ2v) is 6.06. The first-order chi connectivity index (χ1) is 8.15. The van der Waals surface area contributed by atoms with Crippen LogP contribution in [0.3, 0.4) is 0 Å². The first-order valence-electron chi connectivity index (χ1n) is 5.95. The molecule has 0 atom stereocenters. The van der Waals surface area contributed by atoms with Crippen molar-refractivity contribution in [2.24, 2.45) is 0 Å². The molecule has 2 nitrogen and oxygen atoms in total. The van der Waals surface area contributed by atoms with E-state index >= 15 is 0 Å². The van der Waals surface area contributed by atoms with Gasteiger partial charge in [0.1, 0.15) is 0 Å². The predicted octanol–water partition coefficient (Wildman–Crippen LogP) is 3.50. The number of aliphatic hydroxyl groups is 1. The Kier molecular flexibility index (Phi) is 4.47. The van der Waals surface area contributed by atoms with Crippen LogP contribution in [0.15, 0.2) is 22.7 Å². The molecule has 1 aromatic rings. The Morgan fingerprint density at radius 2 is 2.06 bits per heavy atom. The van der Waals surface area contributed by atoms with Gasteiger partial charge in [-0.05, 0) is 30.5 Å². The Labute approximate surface area is 115 Å². The van der Waals surface area contributed by atoms with Gasteiger partial charge in [-0.3, -0.25) is 0 Å². The summed E-state index contributed by atoms with van der Waals surface area (Å²) in [5, 5.41) is 13.7. The summed E-state index contributed by atoms with van der Waals surface area (Å²) < 4.78 is 0.990. The summed E-state index contributed by atoms with van der Waals surface area (Å²) in [6.45, 7) is 0.924. The number of benzene rings is 1. The van der Waals surface area contributed by atoms with Gasteiger partial charge < -0.3 is 10.4 Å². The Morgan fingerprint density at radius 3 is 2.65 bits per heavy atom. The molecule has 0 unspecified atom stereocenters. The number of rotatable bonds is 4. The molecule has 94 valence electrons. The highest BCUT2D eigenvalue weighted by atomic mass is 79.9. The molecular formula is C13H17BrClNO. The van der Waals surface area contributed by atoms with Crippen LogP contribution in [0.1, 0.15) is 31.2 Å². The van der Waals surface area contributed by atoms with E-state index in [1.54, 1.807) is 0 Å². The van der Waals surface area contributed by atoms with E-state index in [0.717, 1.165) is 27.9 Å². The average Bonchev–Trinajstić information content (AvgIpc) is 2.77. The van der Waals surface area contributed by atoms with Crippen LogP contribution in [0.25, 0.3) is 0 Å². The summed E-state index contributed by atoms with van der Waals surface area (Å²) in [5.41, 5.74) is 0.991. The van der Waals surface area contributed by atoms with Crippen LogP contribution >= 0.6 is 27.5 Å². The van der Waals surface area contributed by atoms with Crippen molar-refractivity contribution in [1.29, 1.82) is 0 Å². The zero-order valence-corrected chi connectivity index (χ0v) is 12.0. The van der Waals surface area contributed by atoms with Crippen molar-refractivity contribution in [3.8, 4) is 0 Å². The average molecular weight is 319 g/mol. The van der Waals surface area contributed by atoms with Crippen molar-refractivity contribution in [3.63, 3.8) is 0 Å². The van der Waals surface area contributed by atoms with E-state index in [2.05, 4.69) is 21.2 Å². The van der Waals surface area contributed by atoms with E-state index in [1.807, 2.05) is 18.2 Å². The van der Waals surface area contributed by atoms with Gasteiger partial charge in [0, 0.05) is 21.6 Å². The van der Waals surface area contributed by atoms with Crippen LogP contribution in [0, 0.1) is 0 Å². The van der Waals surface area contributed by atoms with Crippen molar-refractivity contribution in [1.82, 2.24) is 5.32 Å². The third-order valence-electron chi connectivity index (χ3n) is 3.53.